The number of benzene rings is 6. The van der Waals surface area contributed by atoms with Crippen molar-refractivity contribution >= 4 is 54.3 Å². The van der Waals surface area contributed by atoms with Gasteiger partial charge in [0.25, 0.3) is 0 Å². The van der Waals surface area contributed by atoms with Crippen LogP contribution in [0.15, 0.2) is 152 Å². The molecule has 0 amide bonds. The smallest absolute Gasteiger partial charge is 0.0894 e. The van der Waals surface area contributed by atoms with Gasteiger partial charge >= 0.3 is 0 Å². The Morgan fingerprint density at radius 2 is 0.818 bits per heavy atom. The van der Waals surface area contributed by atoms with E-state index in [1.807, 2.05) is 0 Å². The Balaban J connectivity index is 1.12. The first-order valence-electron chi connectivity index (χ1n) is 14.9. The summed E-state index contributed by atoms with van der Waals surface area (Å²) in [5.74, 6) is 0. The van der Waals surface area contributed by atoms with Crippen molar-refractivity contribution in [3.8, 4) is 33.8 Å². The van der Waals surface area contributed by atoms with Gasteiger partial charge in [0.1, 0.15) is 0 Å². The van der Waals surface area contributed by atoms with Gasteiger partial charge in [-0.1, -0.05) is 121 Å². The highest BCUT2D eigenvalue weighted by atomic mass is 14.8. The Morgan fingerprint density at radius 3 is 1.57 bits per heavy atom. The van der Waals surface area contributed by atoms with Gasteiger partial charge in [0, 0.05) is 27.1 Å². The summed E-state index contributed by atoms with van der Waals surface area (Å²) in [6, 6.07) is 53.3. The molecule has 6 aromatic carbocycles. The molecule has 0 unspecified atom stereocenters. The summed E-state index contributed by atoms with van der Waals surface area (Å²) in [5, 5.41) is 8.12. The average Bonchev–Trinajstić information content (AvgIpc) is 3.10. The van der Waals surface area contributed by atoms with Gasteiger partial charge in [-0.3, -0.25) is 0 Å². The normalized spacial score (nSPS) is 11.6. The predicted molar refractivity (Wildman–Crippen MR) is 184 cm³/mol. The van der Waals surface area contributed by atoms with E-state index in [1.54, 1.807) is 0 Å². The Bertz CT molecular complexity index is 2560. The second-order valence-corrected chi connectivity index (χ2v) is 11.3. The van der Waals surface area contributed by atoms with E-state index in [9.17, 15) is 0 Å². The first kappa shape index (κ1) is 24.6. The molecule has 0 aliphatic heterocycles. The van der Waals surface area contributed by atoms with Crippen LogP contribution in [0.5, 0.6) is 0 Å². The van der Waals surface area contributed by atoms with E-state index < -0.39 is 0 Å². The van der Waals surface area contributed by atoms with E-state index >= 15 is 0 Å². The van der Waals surface area contributed by atoms with Crippen LogP contribution < -0.4 is 0 Å². The molecule has 0 aliphatic rings. The van der Waals surface area contributed by atoms with E-state index in [2.05, 4.69) is 152 Å². The maximum absolute atomic E-state index is 5.12. The summed E-state index contributed by atoms with van der Waals surface area (Å²) in [4.78, 5) is 15.3. The van der Waals surface area contributed by atoms with Crippen molar-refractivity contribution in [3.05, 3.63) is 152 Å². The summed E-state index contributed by atoms with van der Waals surface area (Å²) in [6.07, 6.45) is 0. The summed E-state index contributed by atoms with van der Waals surface area (Å²) < 4.78 is 0. The van der Waals surface area contributed by atoms with Crippen molar-refractivity contribution in [3.63, 3.8) is 0 Å². The maximum Gasteiger partial charge on any atom is 0.0894 e. The standard InChI is InChI=1S/C41H25N3/c1-3-9-33-26(6-1)8-5-11-35(33)36-21-18-28-13-16-31(24-39(28)42-36)32-17-14-29-19-22-37(43-40(29)25-32)38-23-20-30-15-12-27-7-2-4-10-34(27)41(30)44-38/h1-25H. The molecule has 0 N–H and O–H groups in total. The van der Waals surface area contributed by atoms with Crippen LogP contribution in [0.4, 0.5) is 0 Å². The zero-order valence-electron chi connectivity index (χ0n) is 23.8. The molecule has 0 saturated carbocycles. The fourth-order valence-corrected chi connectivity index (χ4v) is 6.34. The largest absolute Gasteiger partial charge is 0.248 e. The number of rotatable bonds is 3. The van der Waals surface area contributed by atoms with Crippen molar-refractivity contribution in [2.45, 2.75) is 0 Å². The van der Waals surface area contributed by atoms with Crippen LogP contribution in [0.1, 0.15) is 0 Å². The van der Waals surface area contributed by atoms with Crippen LogP contribution in [0, 0.1) is 0 Å². The van der Waals surface area contributed by atoms with Gasteiger partial charge in [0.15, 0.2) is 0 Å². The SMILES string of the molecule is c1ccc2c(-c3ccc4ccc(-c5ccc6ccc(-c7ccc8ccc9ccccc9c8n7)nc6c5)cc4n3)cccc2c1. The minimum absolute atomic E-state index is 0.865. The van der Waals surface area contributed by atoms with E-state index in [0.717, 1.165) is 71.9 Å². The fraction of sp³-hybridized carbons (Fsp3) is 0. The average molecular weight is 560 g/mol. The second-order valence-electron chi connectivity index (χ2n) is 11.3. The lowest BCUT2D eigenvalue weighted by Gasteiger charge is -2.10. The van der Waals surface area contributed by atoms with Crippen molar-refractivity contribution < 1.29 is 0 Å². The third kappa shape index (κ3) is 4.10. The van der Waals surface area contributed by atoms with Crippen molar-refractivity contribution in [2.75, 3.05) is 0 Å². The highest BCUT2D eigenvalue weighted by Gasteiger charge is 2.10. The Morgan fingerprint density at radius 1 is 0.318 bits per heavy atom. The molecule has 0 spiro atoms. The third-order valence-electron chi connectivity index (χ3n) is 8.63. The zero-order valence-corrected chi connectivity index (χ0v) is 23.8. The number of fused-ring (bicyclic) bond motifs is 6. The lowest BCUT2D eigenvalue weighted by atomic mass is 9.99. The molecule has 9 rings (SSSR count). The van der Waals surface area contributed by atoms with E-state index in [1.165, 1.54) is 16.2 Å². The molecular formula is C41H25N3. The molecule has 9 aromatic rings. The van der Waals surface area contributed by atoms with Gasteiger partial charge in [0.05, 0.1) is 33.6 Å². The minimum Gasteiger partial charge on any atom is -0.248 e. The Hall–Kier alpha value is -5.93. The van der Waals surface area contributed by atoms with Crippen molar-refractivity contribution in [1.82, 2.24) is 15.0 Å². The van der Waals surface area contributed by atoms with E-state index in [0.29, 0.717) is 0 Å². The Labute approximate surface area is 254 Å². The quantitative estimate of drug-likeness (QED) is 0.202. The van der Waals surface area contributed by atoms with Crippen LogP contribution in [0.3, 0.4) is 0 Å². The van der Waals surface area contributed by atoms with Crippen LogP contribution in [0.2, 0.25) is 0 Å². The zero-order chi connectivity index (χ0) is 29.0. The molecule has 0 fully saturated rings. The molecular weight excluding hydrogens is 534 g/mol. The number of nitrogens with zero attached hydrogens (tertiary/aromatic N) is 3. The molecule has 3 nitrogen and oxygen atoms in total. The first-order valence-corrected chi connectivity index (χ1v) is 14.9. The van der Waals surface area contributed by atoms with Gasteiger partial charge in [-0.2, -0.15) is 0 Å². The highest BCUT2D eigenvalue weighted by Crippen LogP contribution is 2.32. The summed E-state index contributed by atoms with van der Waals surface area (Å²) in [5.41, 5.74) is 9.01. The molecule has 0 radical (unpaired) electrons. The van der Waals surface area contributed by atoms with Gasteiger partial charge in [0.2, 0.25) is 0 Å². The minimum atomic E-state index is 0.865. The molecule has 3 heterocycles. The Kier molecular flexibility index (Phi) is 5.50. The lowest BCUT2D eigenvalue weighted by molar-refractivity contribution is 1.32. The summed E-state index contributed by atoms with van der Waals surface area (Å²) in [7, 11) is 0. The maximum atomic E-state index is 5.12. The highest BCUT2D eigenvalue weighted by molar-refractivity contribution is 6.05. The van der Waals surface area contributed by atoms with Gasteiger partial charge in [-0.05, 0) is 57.6 Å². The van der Waals surface area contributed by atoms with Crippen LogP contribution in [0.25, 0.3) is 88.0 Å². The summed E-state index contributed by atoms with van der Waals surface area (Å²) in [6.45, 7) is 0. The molecule has 3 aromatic heterocycles. The lowest BCUT2D eigenvalue weighted by Crippen LogP contribution is -1.91. The molecule has 44 heavy (non-hydrogen) atoms. The molecule has 204 valence electrons. The van der Waals surface area contributed by atoms with Crippen LogP contribution >= 0.6 is 0 Å². The molecule has 0 saturated heterocycles. The number of aromatic nitrogens is 3. The summed E-state index contributed by atoms with van der Waals surface area (Å²) >= 11 is 0. The van der Waals surface area contributed by atoms with E-state index in [4.69, 9.17) is 15.0 Å². The molecule has 0 atom stereocenters. The molecule has 0 bridgehead atoms. The number of pyridine rings is 3. The number of hydrogen-bond acceptors (Lipinski definition) is 3. The fourth-order valence-electron chi connectivity index (χ4n) is 6.34. The topological polar surface area (TPSA) is 38.7 Å². The van der Waals surface area contributed by atoms with Gasteiger partial charge in [-0.25, -0.2) is 15.0 Å². The van der Waals surface area contributed by atoms with Gasteiger partial charge in [-0.15, -0.1) is 0 Å². The van der Waals surface area contributed by atoms with Crippen LogP contribution in [-0.4, -0.2) is 15.0 Å². The molecule has 0 aliphatic carbocycles. The first-order chi connectivity index (χ1) is 21.8. The van der Waals surface area contributed by atoms with Crippen molar-refractivity contribution in [2.24, 2.45) is 0 Å². The van der Waals surface area contributed by atoms with Gasteiger partial charge < -0.3 is 0 Å². The third-order valence-corrected chi connectivity index (χ3v) is 8.63. The second kappa shape index (κ2) is 9.82. The molecule has 3 heteroatoms. The predicted octanol–water partition coefficient (Wildman–Crippen LogP) is 10.6. The van der Waals surface area contributed by atoms with E-state index in [-0.39, 0.29) is 0 Å². The monoisotopic (exact) mass is 559 g/mol. The number of hydrogen-bond donors (Lipinski definition) is 0. The van der Waals surface area contributed by atoms with Crippen LogP contribution in [-0.2, 0) is 0 Å². The van der Waals surface area contributed by atoms with Crippen molar-refractivity contribution in [1.29, 1.82) is 0 Å².